The molecule has 7 aromatic carbocycles. The van der Waals surface area contributed by atoms with Crippen molar-refractivity contribution in [3.63, 3.8) is 0 Å². The van der Waals surface area contributed by atoms with Gasteiger partial charge in [0.2, 0.25) is 0 Å². The molecule has 1 atom stereocenters. The summed E-state index contributed by atoms with van der Waals surface area (Å²) in [6, 6.07) is 60.1. The third-order valence-corrected chi connectivity index (χ3v) is 10.3. The Bertz CT molecular complexity index is 2710. The summed E-state index contributed by atoms with van der Waals surface area (Å²) in [4.78, 5) is 20.0. The van der Waals surface area contributed by atoms with Gasteiger partial charge >= 0.3 is 0 Å². The second kappa shape index (κ2) is 11.7. The van der Waals surface area contributed by atoms with Crippen LogP contribution in [0, 0.1) is 0 Å². The predicted octanol–water partition coefficient (Wildman–Crippen LogP) is 10.9. The number of rotatable bonds is 5. The lowest BCUT2D eigenvalue weighted by Crippen LogP contribution is -2.28. The summed E-state index contributed by atoms with van der Waals surface area (Å²) in [6.07, 6.45) is 3.78. The zero-order valence-electron chi connectivity index (χ0n) is 27.6. The van der Waals surface area contributed by atoms with E-state index in [1.807, 2.05) is 12.4 Å². The van der Waals surface area contributed by atoms with Gasteiger partial charge in [0.25, 0.3) is 0 Å². The van der Waals surface area contributed by atoms with Crippen molar-refractivity contribution in [2.45, 2.75) is 5.41 Å². The van der Waals surface area contributed by atoms with E-state index in [4.69, 9.17) is 15.0 Å². The SMILES string of the molecule is c1ccc(C2(c3ccncc3)c3ccccc3-c3ccc(-c4nc(-c5ccc6ccccc6c5)nc(-c5cccc6ccccc56)n4)cc32)cc1. The third-order valence-electron chi connectivity index (χ3n) is 10.3. The van der Waals surface area contributed by atoms with Crippen molar-refractivity contribution in [1.29, 1.82) is 0 Å². The minimum atomic E-state index is -0.557. The molecule has 51 heavy (non-hydrogen) atoms. The van der Waals surface area contributed by atoms with Gasteiger partial charge in [0.1, 0.15) is 0 Å². The summed E-state index contributed by atoms with van der Waals surface area (Å²) >= 11 is 0. The van der Waals surface area contributed by atoms with Crippen LogP contribution in [0.2, 0.25) is 0 Å². The highest BCUT2D eigenvalue weighted by atomic mass is 15.0. The summed E-state index contributed by atoms with van der Waals surface area (Å²) in [5.41, 5.74) is 9.53. The first-order valence-electron chi connectivity index (χ1n) is 17.2. The van der Waals surface area contributed by atoms with Crippen LogP contribution in [-0.2, 0) is 5.41 Å². The van der Waals surface area contributed by atoms with Crippen LogP contribution in [-0.4, -0.2) is 19.9 Å². The Balaban J connectivity index is 1.24. The number of fused-ring (bicyclic) bond motifs is 5. The predicted molar refractivity (Wildman–Crippen MR) is 206 cm³/mol. The van der Waals surface area contributed by atoms with E-state index in [0.29, 0.717) is 17.5 Å². The first-order chi connectivity index (χ1) is 25.3. The highest BCUT2D eigenvalue weighted by Crippen LogP contribution is 2.56. The monoisotopic (exact) mass is 650 g/mol. The highest BCUT2D eigenvalue weighted by molar-refractivity contribution is 5.96. The van der Waals surface area contributed by atoms with Gasteiger partial charge in [0.05, 0.1) is 5.41 Å². The average molecular weight is 651 g/mol. The van der Waals surface area contributed by atoms with Crippen molar-refractivity contribution in [2.75, 3.05) is 0 Å². The molecule has 0 amide bonds. The average Bonchev–Trinajstić information content (AvgIpc) is 3.51. The van der Waals surface area contributed by atoms with Crippen molar-refractivity contribution >= 4 is 21.5 Å². The Morgan fingerprint density at radius 1 is 0.353 bits per heavy atom. The molecule has 1 aliphatic rings. The molecule has 10 rings (SSSR count). The van der Waals surface area contributed by atoms with Crippen molar-refractivity contribution in [2.24, 2.45) is 0 Å². The van der Waals surface area contributed by atoms with E-state index in [1.165, 1.54) is 33.2 Å². The maximum absolute atomic E-state index is 5.25. The number of pyridine rings is 1. The molecule has 4 nitrogen and oxygen atoms in total. The molecule has 4 heteroatoms. The van der Waals surface area contributed by atoms with Gasteiger partial charge in [-0.15, -0.1) is 0 Å². The molecule has 0 saturated carbocycles. The normalized spacial score (nSPS) is 14.7. The van der Waals surface area contributed by atoms with E-state index in [0.717, 1.165) is 38.4 Å². The Hall–Kier alpha value is -6.78. The molecule has 0 fully saturated rings. The summed E-state index contributed by atoms with van der Waals surface area (Å²) in [5, 5.41) is 4.57. The van der Waals surface area contributed by atoms with Crippen LogP contribution in [0.4, 0.5) is 0 Å². The van der Waals surface area contributed by atoms with Crippen LogP contribution in [0.15, 0.2) is 182 Å². The van der Waals surface area contributed by atoms with Gasteiger partial charge in [-0.05, 0) is 79.2 Å². The Labute approximate surface area is 295 Å². The van der Waals surface area contributed by atoms with E-state index in [-0.39, 0.29) is 0 Å². The number of nitrogens with zero attached hydrogens (tertiary/aromatic N) is 4. The van der Waals surface area contributed by atoms with Crippen LogP contribution in [0.25, 0.3) is 66.8 Å². The van der Waals surface area contributed by atoms with Gasteiger partial charge in [-0.1, -0.05) is 146 Å². The van der Waals surface area contributed by atoms with Crippen LogP contribution in [0.3, 0.4) is 0 Å². The molecule has 0 bridgehead atoms. The molecule has 0 spiro atoms. The van der Waals surface area contributed by atoms with E-state index in [1.54, 1.807) is 0 Å². The van der Waals surface area contributed by atoms with Crippen molar-refractivity contribution in [3.8, 4) is 45.3 Å². The molecule has 9 aromatic rings. The van der Waals surface area contributed by atoms with Gasteiger partial charge in [0.15, 0.2) is 17.5 Å². The molecular formula is C47H30N4. The summed E-state index contributed by atoms with van der Waals surface area (Å²) in [6.45, 7) is 0. The minimum Gasteiger partial charge on any atom is -0.265 e. The second-order valence-electron chi connectivity index (χ2n) is 13.1. The number of hydrogen-bond acceptors (Lipinski definition) is 4. The van der Waals surface area contributed by atoms with E-state index in [9.17, 15) is 0 Å². The molecule has 2 heterocycles. The van der Waals surface area contributed by atoms with E-state index < -0.39 is 5.41 Å². The molecule has 0 saturated heterocycles. The molecule has 0 aliphatic heterocycles. The molecular weight excluding hydrogens is 621 g/mol. The highest BCUT2D eigenvalue weighted by Gasteiger charge is 2.46. The van der Waals surface area contributed by atoms with Gasteiger partial charge in [0, 0.05) is 29.1 Å². The van der Waals surface area contributed by atoms with Gasteiger partial charge in [-0.3, -0.25) is 4.98 Å². The summed E-state index contributed by atoms with van der Waals surface area (Å²) < 4.78 is 0. The van der Waals surface area contributed by atoms with E-state index in [2.05, 4.69) is 175 Å². The van der Waals surface area contributed by atoms with Gasteiger partial charge < -0.3 is 0 Å². The molecule has 238 valence electrons. The topological polar surface area (TPSA) is 51.6 Å². The van der Waals surface area contributed by atoms with Crippen molar-refractivity contribution < 1.29 is 0 Å². The largest absolute Gasteiger partial charge is 0.265 e. The van der Waals surface area contributed by atoms with Crippen LogP contribution in [0.5, 0.6) is 0 Å². The van der Waals surface area contributed by atoms with Crippen molar-refractivity contribution in [3.05, 3.63) is 205 Å². The second-order valence-corrected chi connectivity index (χ2v) is 13.1. The summed E-state index contributed by atoms with van der Waals surface area (Å²) in [7, 11) is 0. The fraction of sp³-hybridized carbons (Fsp3) is 0.0213. The van der Waals surface area contributed by atoms with Crippen molar-refractivity contribution in [1.82, 2.24) is 19.9 Å². The first kappa shape index (κ1) is 29.2. The maximum Gasteiger partial charge on any atom is 0.164 e. The molecule has 0 N–H and O–H groups in total. The smallest absolute Gasteiger partial charge is 0.164 e. The maximum atomic E-state index is 5.25. The Morgan fingerprint density at radius 3 is 1.78 bits per heavy atom. The van der Waals surface area contributed by atoms with Crippen LogP contribution in [0.1, 0.15) is 22.3 Å². The zero-order valence-corrected chi connectivity index (χ0v) is 27.6. The van der Waals surface area contributed by atoms with Gasteiger partial charge in [-0.25, -0.2) is 15.0 Å². The lowest BCUT2D eigenvalue weighted by atomic mass is 9.68. The van der Waals surface area contributed by atoms with Gasteiger partial charge in [-0.2, -0.15) is 0 Å². The lowest BCUT2D eigenvalue weighted by Gasteiger charge is -2.33. The number of hydrogen-bond donors (Lipinski definition) is 0. The Morgan fingerprint density at radius 2 is 0.941 bits per heavy atom. The summed E-state index contributed by atoms with van der Waals surface area (Å²) in [5.74, 6) is 1.92. The van der Waals surface area contributed by atoms with E-state index >= 15 is 0 Å². The number of benzene rings is 7. The zero-order chi connectivity index (χ0) is 33.8. The van der Waals surface area contributed by atoms with Crippen LogP contribution >= 0.6 is 0 Å². The first-order valence-corrected chi connectivity index (χ1v) is 17.2. The minimum absolute atomic E-state index is 0.557. The third kappa shape index (κ3) is 4.61. The standard InChI is InChI=1S/C47H30N4/c1-2-15-36(16-3-1)47(37-25-27-48-28-26-37)42-20-9-8-18-39(42)40-24-23-35(30-43(40)47)45-49-44(34-22-21-31-11-4-5-13-33(31)29-34)50-46(51-45)41-19-10-14-32-12-6-7-17-38(32)41/h1-30H. The quantitative estimate of drug-likeness (QED) is 0.186. The fourth-order valence-electron chi connectivity index (χ4n) is 8.00. The molecule has 0 radical (unpaired) electrons. The molecule has 1 unspecified atom stereocenters. The van der Waals surface area contributed by atoms with Crippen LogP contribution < -0.4 is 0 Å². The number of aromatic nitrogens is 4. The Kier molecular flexibility index (Phi) is 6.68. The lowest BCUT2D eigenvalue weighted by molar-refractivity contribution is 0.766. The molecule has 1 aliphatic carbocycles. The fourth-order valence-corrected chi connectivity index (χ4v) is 8.00. The molecule has 2 aromatic heterocycles.